The van der Waals surface area contributed by atoms with Crippen molar-refractivity contribution < 1.29 is 46.0 Å². The molecule has 0 aliphatic rings. The Morgan fingerprint density at radius 3 is 1.52 bits per heavy atom. The molecule has 8 rings (SSSR count). The average Bonchev–Trinajstić information content (AvgIpc) is 4.15. The SMILES string of the molecule is COC(=O)CCCNc1nc(-c2cc(-c3ccon3)n(Cc3ccccc3F)n2)ncc1F.O=C(O)CCCNc1nc(-c2cc(-c3ccon3)n(Cc3ccccc3F)n2)ncc1F. The highest BCUT2D eigenvalue weighted by Crippen LogP contribution is 2.28. The Morgan fingerprint density at radius 2 is 1.11 bits per heavy atom. The first kappa shape index (κ1) is 44.7. The van der Waals surface area contributed by atoms with E-state index in [0.717, 1.165) is 12.4 Å². The van der Waals surface area contributed by atoms with E-state index in [9.17, 15) is 27.2 Å². The molecule has 2 aromatic carbocycles. The minimum Gasteiger partial charge on any atom is -0.481 e. The predicted octanol–water partition coefficient (Wildman–Crippen LogP) is 7.29. The highest BCUT2D eigenvalue weighted by Gasteiger charge is 2.20. The molecule has 6 heterocycles. The number of nitrogens with zero attached hydrogens (tertiary/aromatic N) is 10. The van der Waals surface area contributed by atoms with E-state index in [1.165, 1.54) is 36.5 Å². The highest BCUT2D eigenvalue weighted by molar-refractivity contribution is 5.69. The van der Waals surface area contributed by atoms with Gasteiger partial charge in [-0.2, -0.15) is 10.2 Å². The number of aromatic nitrogens is 10. The fourth-order valence-electron chi connectivity index (χ4n) is 6.19. The number of halogens is 4. The summed E-state index contributed by atoms with van der Waals surface area (Å²) in [4.78, 5) is 38.3. The van der Waals surface area contributed by atoms with Crippen LogP contribution in [0.4, 0.5) is 29.2 Å². The highest BCUT2D eigenvalue weighted by atomic mass is 19.1. The summed E-state index contributed by atoms with van der Waals surface area (Å²) in [6.45, 7) is 0.797. The molecule has 0 amide bonds. The van der Waals surface area contributed by atoms with Crippen molar-refractivity contribution >= 4 is 23.6 Å². The monoisotopic (exact) mass is 894 g/mol. The Hall–Kier alpha value is -8.30. The zero-order valence-corrected chi connectivity index (χ0v) is 34.4. The van der Waals surface area contributed by atoms with E-state index in [1.54, 1.807) is 65.3 Å². The van der Waals surface area contributed by atoms with Gasteiger partial charge in [-0.15, -0.1) is 0 Å². The number of esters is 1. The lowest BCUT2D eigenvalue weighted by Crippen LogP contribution is -2.10. The van der Waals surface area contributed by atoms with Crippen LogP contribution in [-0.4, -0.2) is 87.1 Å². The van der Waals surface area contributed by atoms with Gasteiger partial charge in [0.15, 0.2) is 34.9 Å². The van der Waals surface area contributed by atoms with Crippen LogP contribution < -0.4 is 10.6 Å². The van der Waals surface area contributed by atoms with Gasteiger partial charge in [0.1, 0.15) is 46.9 Å². The van der Waals surface area contributed by atoms with E-state index in [-0.39, 0.29) is 73.4 Å². The molecule has 0 aliphatic carbocycles. The summed E-state index contributed by atoms with van der Waals surface area (Å²) in [6, 6.07) is 19.3. The number of hydrogen-bond acceptors (Lipinski definition) is 15. The molecule has 22 heteroatoms. The quantitative estimate of drug-likeness (QED) is 0.0437. The summed E-state index contributed by atoms with van der Waals surface area (Å²) in [5.74, 6) is -3.10. The molecular weight excluding hydrogens is 857 g/mol. The third-order valence-electron chi connectivity index (χ3n) is 9.40. The molecule has 0 radical (unpaired) electrons. The number of carboxylic acids is 1. The zero-order valence-electron chi connectivity index (χ0n) is 34.4. The Labute approximate surface area is 366 Å². The number of ether oxygens (including phenoxy) is 1. The van der Waals surface area contributed by atoms with Crippen molar-refractivity contribution in [2.24, 2.45) is 0 Å². The fourth-order valence-corrected chi connectivity index (χ4v) is 6.19. The van der Waals surface area contributed by atoms with E-state index in [4.69, 9.17) is 14.2 Å². The number of aliphatic carboxylic acids is 1. The van der Waals surface area contributed by atoms with Gasteiger partial charge in [-0.25, -0.2) is 37.5 Å². The number of methoxy groups -OCH3 is 1. The van der Waals surface area contributed by atoms with Crippen LogP contribution in [0.5, 0.6) is 0 Å². The molecule has 8 aromatic rings. The molecule has 18 nitrogen and oxygen atoms in total. The van der Waals surface area contributed by atoms with Gasteiger partial charge in [-0.05, 0) is 37.1 Å². The Bertz CT molecular complexity index is 2850. The van der Waals surface area contributed by atoms with Gasteiger partial charge < -0.3 is 29.5 Å². The normalized spacial score (nSPS) is 10.9. The second kappa shape index (κ2) is 21.2. The molecule has 65 heavy (non-hydrogen) atoms. The van der Waals surface area contributed by atoms with E-state index in [2.05, 4.69) is 55.8 Å². The largest absolute Gasteiger partial charge is 0.481 e. The molecule has 334 valence electrons. The first-order valence-corrected chi connectivity index (χ1v) is 19.8. The number of carbonyl (C=O) groups excluding carboxylic acids is 1. The molecule has 0 spiro atoms. The topological polar surface area (TPSA) is 227 Å². The molecule has 0 bridgehead atoms. The van der Waals surface area contributed by atoms with Gasteiger partial charge in [0, 0.05) is 49.2 Å². The summed E-state index contributed by atoms with van der Waals surface area (Å²) in [5.41, 5.74) is 3.61. The molecular formula is C43H38F4N12O6. The van der Waals surface area contributed by atoms with Crippen molar-refractivity contribution in [3.8, 4) is 45.8 Å². The number of carboxylic acid groups (broad SMARTS) is 1. The summed E-state index contributed by atoms with van der Waals surface area (Å²) in [5, 5.41) is 31.2. The Balaban J connectivity index is 0.000000194. The third-order valence-corrected chi connectivity index (χ3v) is 9.40. The van der Waals surface area contributed by atoms with Gasteiger partial charge in [-0.1, -0.05) is 46.7 Å². The minimum absolute atomic E-state index is 0.0171. The lowest BCUT2D eigenvalue weighted by molar-refractivity contribution is -0.140. The van der Waals surface area contributed by atoms with E-state index >= 15 is 0 Å². The summed E-state index contributed by atoms with van der Waals surface area (Å²) in [6.07, 6.45) is 5.77. The van der Waals surface area contributed by atoms with Crippen LogP contribution in [0.3, 0.4) is 0 Å². The van der Waals surface area contributed by atoms with Crippen LogP contribution in [0.25, 0.3) is 45.8 Å². The predicted molar refractivity (Wildman–Crippen MR) is 224 cm³/mol. The second-order valence-electron chi connectivity index (χ2n) is 13.9. The average molecular weight is 895 g/mol. The van der Waals surface area contributed by atoms with Crippen LogP contribution in [0.2, 0.25) is 0 Å². The maximum atomic E-state index is 14.2. The van der Waals surface area contributed by atoms with Crippen molar-refractivity contribution in [1.82, 2.24) is 49.8 Å². The summed E-state index contributed by atoms with van der Waals surface area (Å²) in [7, 11) is 1.31. The van der Waals surface area contributed by atoms with Gasteiger partial charge in [-0.3, -0.25) is 19.0 Å². The number of hydrogen-bond donors (Lipinski definition) is 3. The molecule has 0 saturated heterocycles. The molecule has 0 saturated carbocycles. The fraction of sp³-hybridized carbons (Fsp3) is 0.209. The standard InChI is InChI=1S/C22H20F2N6O3.C21H18F2N6O3/c1-32-20(31)7-4-9-25-21-16(24)12-26-22(27-21)18-11-19(17-8-10-33-29-17)30(28-18)13-14-5-2-3-6-15(14)23;22-14-5-2-1-4-13(14)12-29-18(16-7-9-32-28-16)10-17(27-29)21-25-11-15(23)20(26-21)24-8-3-6-19(30)31/h2-3,5-6,8,10-12H,4,7,9,13H2,1H3,(H,25,26,27);1-2,4-5,7,9-11H,3,6,8,12H2,(H,30,31)(H,24,25,26). The van der Waals surface area contributed by atoms with Crippen LogP contribution in [0.15, 0.2) is 107 Å². The lowest BCUT2D eigenvalue weighted by atomic mass is 10.2. The molecule has 6 aromatic heterocycles. The number of anilines is 2. The first-order valence-electron chi connectivity index (χ1n) is 19.8. The first-order chi connectivity index (χ1) is 31.6. The molecule has 0 atom stereocenters. The van der Waals surface area contributed by atoms with E-state index in [0.29, 0.717) is 64.7 Å². The van der Waals surface area contributed by atoms with Crippen LogP contribution in [-0.2, 0) is 27.4 Å². The maximum Gasteiger partial charge on any atom is 0.305 e. The number of rotatable bonds is 18. The Morgan fingerprint density at radius 1 is 0.646 bits per heavy atom. The van der Waals surface area contributed by atoms with Crippen molar-refractivity contribution in [2.45, 2.75) is 38.8 Å². The number of nitrogens with one attached hydrogen (secondary N) is 2. The minimum atomic E-state index is -0.934. The van der Waals surface area contributed by atoms with Crippen LogP contribution >= 0.6 is 0 Å². The molecule has 0 unspecified atom stereocenters. The van der Waals surface area contributed by atoms with Crippen molar-refractivity contribution in [3.63, 3.8) is 0 Å². The van der Waals surface area contributed by atoms with Crippen LogP contribution in [0, 0.1) is 23.3 Å². The zero-order chi connectivity index (χ0) is 45.7. The van der Waals surface area contributed by atoms with E-state index < -0.39 is 17.6 Å². The molecule has 0 aliphatic heterocycles. The Kier molecular flexibility index (Phi) is 14.6. The number of carbonyl (C=O) groups is 2. The summed E-state index contributed by atoms with van der Waals surface area (Å²) < 4.78 is 74.3. The van der Waals surface area contributed by atoms with Gasteiger partial charge in [0.2, 0.25) is 0 Å². The van der Waals surface area contributed by atoms with Gasteiger partial charge in [0.05, 0.1) is 44.0 Å². The van der Waals surface area contributed by atoms with Crippen LogP contribution in [0.1, 0.15) is 36.8 Å². The van der Waals surface area contributed by atoms with E-state index in [1.807, 2.05) is 0 Å². The lowest BCUT2D eigenvalue weighted by Gasteiger charge is -2.07. The van der Waals surface area contributed by atoms with Crippen molar-refractivity contribution in [1.29, 1.82) is 0 Å². The third kappa shape index (κ3) is 11.6. The van der Waals surface area contributed by atoms with Crippen molar-refractivity contribution in [2.75, 3.05) is 30.8 Å². The second-order valence-corrected chi connectivity index (χ2v) is 13.9. The maximum absolute atomic E-state index is 14.2. The summed E-state index contributed by atoms with van der Waals surface area (Å²) >= 11 is 0. The molecule has 3 N–H and O–H groups in total. The molecule has 0 fully saturated rings. The van der Waals surface area contributed by atoms with Crippen molar-refractivity contribution in [3.05, 3.63) is 132 Å². The number of benzene rings is 2. The van der Waals surface area contributed by atoms with Gasteiger partial charge >= 0.3 is 11.9 Å². The van der Waals surface area contributed by atoms with Gasteiger partial charge in [0.25, 0.3) is 0 Å². The smallest absolute Gasteiger partial charge is 0.305 e.